The van der Waals surface area contributed by atoms with Crippen LogP contribution in [0.25, 0.3) is 0 Å². The number of anilines is 1. The van der Waals surface area contributed by atoms with Crippen molar-refractivity contribution in [3.63, 3.8) is 0 Å². The number of hydrogen-bond donors (Lipinski definition) is 1. The lowest BCUT2D eigenvalue weighted by Crippen LogP contribution is -2.47. The van der Waals surface area contributed by atoms with Crippen LogP contribution < -0.4 is 10.6 Å². The molecule has 0 fully saturated rings. The Bertz CT molecular complexity index is 654. The van der Waals surface area contributed by atoms with Crippen LogP contribution in [0, 0.1) is 5.82 Å². The summed E-state index contributed by atoms with van der Waals surface area (Å²) >= 11 is 0. The maximum atomic E-state index is 13.5. The minimum Gasteiger partial charge on any atom is -0.369 e. The molecule has 102 valence electrons. The molecule has 0 aliphatic carbocycles. The molecule has 1 atom stereocenters. The summed E-state index contributed by atoms with van der Waals surface area (Å²) in [5.41, 5.74) is 7.46. The van der Waals surface area contributed by atoms with Crippen molar-refractivity contribution in [1.82, 2.24) is 0 Å². The summed E-state index contributed by atoms with van der Waals surface area (Å²) in [4.78, 5) is 6.25. The van der Waals surface area contributed by atoms with Crippen molar-refractivity contribution in [2.24, 2.45) is 10.7 Å². The molecule has 0 saturated carbocycles. The van der Waals surface area contributed by atoms with Crippen LogP contribution in [0.15, 0.2) is 59.6 Å². The predicted molar refractivity (Wildman–Crippen MR) is 79.2 cm³/mol. The summed E-state index contributed by atoms with van der Waals surface area (Å²) < 4.78 is 13.5. The molecule has 2 aromatic rings. The Morgan fingerprint density at radius 3 is 2.60 bits per heavy atom. The van der Waals surface area contributed by atoms with E-state index in [2.05, 4.69) is 11.9 Å². The molecule has 1 heterocycles. The van der Waals surface area contributed by atoms with Gasteiger partial charge < -0.3 is 10.6 Å². The number of guanidine groups is 1. The van der Waals surface area contributed by atoms with Gasteiger partial charge in [0.25, 0.3) is 0 Å². The minimum atomic E-state index is -0.390. The summed E-state index contributed by atoms with van der Waals surface area (Å²) in [5.74, 6) is 0.138. The van der Waals surface area contributed by atoms with Crippen LogP contribution in [-0.2, 0) is 5.54 Å². The lowest BCUT2D eigenvalue weighted by atomic mass is 9.90. The van der Waals surface area contributed by atoms with E-state index in [1.54, 1.807) is 6.07 Å². The van der Waals surface area contributed by atoms with E-state index >= 15 is 0 Å². The van der Waals surface area contributed by atoms with Crippen LogP contribution in [0.2, 0.25) is 0 Å². The first-order valence-corrected chi connectivity index (χ1v) is 6.52. The topological polar surface area (TPSA) is 41.6 Å². The molecule has 2 N–H and O–H groups in total. The molecule has 1 aliphatic heterocycles. The van der Waals surface area contributed by atoms with E-state index in [0.717, 1.165) is 11.3 Å². The monoisotopic (exact) mass is 269 g/mol. The summed E-state index contributed by atoms with van der Waals surface area (Å²) in [5, 5.41) is 0. The second-order valence-corrected chi connectivity index (χ2v) is 5.13. The van der Waals surface area contributed by atoms with Crippen LogP contribution in [0.4, 0.5) is 10.1 Å². The molecule has 2 aromatic carbocycles. The number of nitrogens with zero attached hydrogens (tertiary/aromatic N) is 2. The molecule has 1 unspecified atom stereocenters. The highest BCUT2D eigenvalue weighted by Gasteiger charge is 2.40. The van der Waals surface area contributed by atoms with Crippen molar-refractivity contribution < 1.29 is 4.39 Å². The van der Waals surface area contributed by atoms with E-state index in [-0.39, 0.29) is 11.4 Å². The van der Waals surface area contributed by atoms with Crippen molar-refractivity contribution in [3.8, 4) is 0 Å². The average Bonchev–Trinajstić information content (AvgIpc) is 2.77. The lowest BCUT2D eigenvalue weighted by molar-refractivity contribution is 0.531. The predicted octanol–water partition coefficient (Wildman–Crippen LogP) is 2.88. The zero-order valence-electron chi connectivity index (χ0n) is 11.3. The van der Waals surface area contributed by atoms with Crippen LogP contribution in [-0.4, -0.2) is 12.5 Å². The van der Waals surface area contributed by atoms with Crippen molar-refractivity contribution in [3.05, 3.63) is 66.0 Å². The molecule has 0 amide bonds. The van der Waals surface area contributed by atoms with Crippen molar-refractivity contribution in [1.29, 1.82) is 0 Å². The molecule has 0 aromatic heterocycles. The van der Waals surface area contributed by atoms with E-state index in [1.165, 1.54) is 12.1 Å². The molecule has 0 radical (unpaired) electrons. The molecule has 3 nitrogen and oxygen atoms in total. The van der Waals surface area contributed by atoms with E-state index < -0.39 is 0 Å². The Labute approximate surface area is 117 Å². The standard InChI is InChI=1S/C16H16FN3/c1-16(12-6-3-2-4-7-12)11-19-15(18)20(16)14-9-5-8-13(17)10-14/h2-10H,11H2,1H3,(H2,18,19). The second kappa shape index (κ2) is 4.63. The van der Waals surface area contributed by atoms with Gasteiger partial charge in [-0.2, -0.15) is 0 Å². The van der Waals surface area contributed by atoms with E-state index in [0.29, 0.717) is 12.5 Å². The first-order valence-electron chi connectivity index (χ1n) is 6.52. The van der Waals surface area contributed by atoms with Gasteiger partial charge in [-0.3, -0.25) is 4.99 Å². The first kappa shape index (κ1) is 12.7. The minimum absolute atomic E-state index is 0.280. The number of benzene rings is 2. The van der Waals surface area contributed by atoms with Gasteiger partial charge in [-0.15, -0.1) is 0 Å². The first-order chi connectivity index (χ1) is 9.61. The Kier molecular flexibility index (Phi) is 2.93. The molecular formula is C16H16FN3. The van der Waals surface area contributed by atoms with Gasteiger partial charge in [0.2, 0.25) is 0 Å². The molecule has 0 bridgehead atoms. The van der Waals surface area contributed by atoms with E-state index in [9.17, 15) is 4.39 Å². The molecule has 20 heavy (non-hydrogen) atoms. The number of hydrogen-bond acceptors (Lipinski definition) is 3. The van der Waals surface area contributed by atoms with Crippen LogP contribution >= 0.6 is 0 Å². The fourth-order valence-electron chi connectivity index (χ4n) is 2.68. The van der Waals surface area contributed by atoms with E-state index in [4.69, 9.17) is 5.73 Å². The van der Waals surface area contributed by atoms with Gasteiger partial charge in [0.1, 0.15) is 5.82 Å². The summed E-state index contributed by atoms with van der Waals surface area (Å²) in [7, 11) is 0. The number of aliphatic imine (C=N–C) groups is 1. The lowest BCUT2D eigenvalue weighted by Gasteiger charge is -2.36. The second-order valence-electron chi connectivity index (χ2n) is 5.13. The number of nitrogens with two attached hydrogens (primary N) is 1. The zero-order chi connectivity index (χ0) is 14.2. The van der Waals surface area contributed by atoms with Crippen molar-refractivity contribution >= 4 is 11.6 Å². The smallest absolute Gasteiger partial charge is 0.196 e. The third kappa shape index (κ3) is 1.93. The maximum Gasteiger partial charge on any atom is 0.196 e. The molecule has 4 heteroatoms. The maximum absolute atomic E-state index is 13.5. The van der Waals surface area contributed by atoms with Gasteiger partial charge in [-0.1, -0.05) is 36.4 Å². The zero-order valence-corrected chi connectivity index (χ0v) is 11.3. The normalized spacial score (nSPS) is 21.9. The number of rotatable bonds is 2. The molecule has 1 aliphatic rings. The van der Waals surface area contributed by atoms with Crippen molar-refractivity contribution in [2.45, 2.75) is 12.5 Å². The Hall–Kier alpha value is -2.36. The summed E-state index contributed by atoms with van der Waals surface area (Å²) in [6, 6.07) is 16.5. The fourth-order valence-corrected chi connectivity index (χ4v) is 2.68. The van der Waals surface area contributed by atoms with Gasteiger partial charge in [-0.05, 0) is 30.7 Å². The van der Waals surface area contributed by atoms with E-state index in [1.807, 2.05) is 41.3 Å². The number of halogens is 1. The third-order valence-corrected chi connectivity index (χ3v) is 3.73. The molecular weight excluding hydrogens is 253 g/mol. The van der Waals surface area contributed by atoms with Gasteiger partial charge in [0.15, 0.2) is 5.96 Å². The third-order valence-electron chi connectivity index (χ3n) is 3.73. The quantitative estimate of drug-likeness (QED) is 0.910. The largest absolute Gasteiger partial charge is 0.369 e. The van der Waals surface area contributed by atoms with Gasteiger partial charge in [0.05, 0.1) is 12.1 Å². The van der Waals surface area contributed by atoms with Crippen LogP contribution in [0.1, 0.15) is 12.5 Å². The van der Waals surface area contributed by atoms with Crippen molar-refractivity contribution in [2.75, 3.05) is 11.4 Å². The highest BCUT2D eigenvalue weighted by atomic mass is 19.1. The van der Waals surface area contributed by atoms with Gasteiger partial charge in [-0.25, -0.2) is 4.39 Å². The molecule has 0 saturated heterocycles. The summed E-state index contributed by atoms with van der Waals surface area (Å²) in [6.45, 7) is 2.62. The average molecular weight is 269 g/mol. The molecule has 0 spiro atoms. The fraction of sp³-hybridized carbons (Fsp3) is 0.188. The SMILES string of the molecule is CC1(c2ccccc2)CN=C(N)N1c1cccc(F)c1. The van der Waals surface area contributed by atoms with Crippen LogP contribution in [0.5, 0.6) is 0 Å². The Morgan fingerprint density at radius 2 is 1.90 bits per heavy atom. The summed E-state index contributed by atoms with van der Waals surface area (Å²) in [6.07, 6.45) is 0. The van der Waals surface area contributed by atoms with Crippen LogP contribution in [0.3, 0.4) is 0 Å². The van der Waals surface area contributed by atoms with Gasteiger partial charge >= 0.3 is 0 Å². The molecule has 3 rings (SSSR count). The highest BCUT2D eigenvalue weighted by Crippen LogP contribution is 2.36. The highest BCUT2D eigenvalue weighted by molar-refractivity contribution is 5.98. The Balaban J connectivity index is 2.09. The Morgan fingerprint density at radius 1 is 1.15 bits per heavy atom. The van der Waals surface area contributed by atoms with Gasteiger partial charge in [0, 0.05) is 5.69 Å².